The van der Waals surface area contributed by atoms with Gasteiger partial charge in [0, 0.05) is 0 Å². The van der Waals surface area contributed by atoms with E-state index in [4.69, 9.17) is 4.74 Å². The molecule has 0 aliphatic rings. The Balaban J connectivity index is 2.79. The molecular weight excluding hydrogens is 271 g/mol. The van der Waals surface area contributed by atoms with Gasteiger partial charge in [0.2, 0.25) is 0 Å². The minimum atomic E-state index is -0.803. The topological polar surface area (TPSA) is 49.7 Å². The van der Waals surface area contributed by atoms with Gasteiger partial charge in [0.25, 0.3) is 0 Å². The molecule has 0 aromatic heterocycles. The molecule has 1 rings (SSSR count). The molecule has 0 bridgehead atoms. The van der Waals surface area contributed by atoms with Gasteiger partial charge in [0.05, 0.1) is 18.8 Å². The van der Waals surface area contributed by atoms with Crippen molar-refractivity contribution in [1.29, 1.82) is 0 Å². The second-order valence-corrected chi connectivity index (χ2v) is 5.59. The fourth-order valence-electron chi connectivity index (χ4n) is 2.38. The van der Waals surface area contributed by atoms with E-state index in [1.807, 2.05) is 20.8 Å². The summed E-state index contributed by atoms with van der Waals surface area (Å²) in [6.07, 6.45) is 1.11. The Morgan fingerprint density at radius 1 is 1.14 bits per heavy atom. The maximum absolute atomic E-state index is 13.5. The van der Waals surface area contributed by atoms with Crippen LogP contribution in [0.3, 0.4) is 0 Å². The number of halogens is 1. The zero-order chi connectivity index (χ0) is 15.8. The van der Waals surface area contributed by atoms with Crippen LogP contribution in [0.5, 0.6) is 5.75 Å². The van der Waals surface area contributed by atoms with Gasteiger partial charge in [-0.15, -0.1) is 0 Å². The van der Waals surface area contributed by atoms with E-state index < -0.39 is 12.2 Å². The van der Waals surface area contributed by atoms with Crippen molar-refractivity contribution in [1.82, 2.24) is 0 Å². The molecule has 4 heteroatoms. The molecule has 0 fully saturated rings. The van der Waals surface area contributed by atoms with Crippen molar-refractivity contribution in [2.75, 3.05) is 6.61 Å². The van der Waals surface area contributed by atoms with Crippen LogP contribution in [-0.4, -0.2) is 29.0 Å². The lowest BCUT2D eigenvalue weighted by Gasteiger charge is -2.23. The van der Waals surface area contributed by atoms with E-state index in [0.29, 0.717) is 25.2 Å². The maximum atomic E-state index is 13.5. The summed E-state index contributed by atoms with van der Waals surface area (Å²) in [5, 5.41) is 19.9. The van der Waals surface area contributed by atoms with E-state index in [1.165, 1.54) is 12.1 Å². The first-order valence-corrected chi connectivity index (χ1v) is 7.77. The third kappa shape index (κ3) is 5.64. The molecule has 0 radical (unpaired) electrons. The lowest BCUT2D eigenvalue weighted by Crippen LogP contribution is -2.27. The van der Waals surface area contributed by atoms with Crippen molar-refractivity contribution in [2.24, 2.45) is 0 Å². The zero-order valence-corrected chi connectivity index (χ0v) is 13.2. The molecule has 0 aliphatic carbocycles. The predicted octanol–water partition coefficient (Wildman–Crippen LogP) is 3.63. The highest BCUT2D eigenvalue weighted by Gasteiger charge is 2.21. The minimum Gasteiger partial charge on any atom is -0.493 e. The largest absolute Gasteiger partial charge is 0.493 e. The van der Waals surface area contributed by atoms with Crippen LogP contribution in [0.15, 0.2) is 18.2 Å². The number of rotatable bonds is 9. The molecule has 21 heavy (non-hydrogen) atoms. The van der Waals surface area contributed by atoms with Gasteiger partial charge >= 0.3 is 0 Å². The van der Waals surface area contributed by atoms with Crippen molar-refractivity contribution < 1.29 is 19.3 Å². The van der Waals surface area contributed by atoms with E-state index in [1.54, 1.807) is 6.07 Å². The number of aliphatic hydroxyl groups excluding tert-OH is 2. The van der Waals surface area contributed by atoms with E-state index >= 15 is 0 Å². The Kier molecular flexibility index (Phi) is 7.68. The van der Waals surface area contributed by atoms with Crippen LogP contribution in [0.2, 0.25) is 0 Å². The molecule has 0 saturated heterocycles. The minimum absolute atomic E-state index is 0.0888. The van der Waals surface area contributed by atoms with Gasteiger partial charge < -0.3 is 14.9 Å². The van der Waals surface area contributed by atoms with Crippen LogP contribution in [0, 0.1) is 5.82 Å². The third-order valence-corrected chi connectivity index (χ3v) is 3.59. The lowest BCUT2D eigenvalue weighted by molar-refractivity contribution is 0.00625. The van der Waals surface area contributed by atoms with Gasteiger partial charge in [-0.25, -0.2) is 4.39 Å². The van der Waals surface area contributed by atoms with Crippen LogP contribution in [-0.2, 0) is 0 Å². The van der Waals surface area contributed by atoms with Crippen LogP contribution in [0.4, 0.5) is 4.39 Å². The fourth-order valence-corrected chi connectivity index (χ4v) is 2.38. The Morgan fingerprint density at radius 3 is 2.48 bits per heavy atom. The molecule has 0 spiro atoms. The monoisotopic (exact) mass is 298 g/mol. The summed E-state index contributed by atoms with van der Waals surface area (Å²) in [7, 11) is 0. The van der Waals surface area contributed by atoms with E-state index in [2.05, 4.69) is 0 Å². The summed E-state index contributed by atoms with van der Waals surface area (Å²) in [6, 6.07) is 4.46. The Bertz CT molecular complexity index is 422. The maximum Gasteiger partial charge on any atom is 0.123 e. The van der Waals surface area contributed by atoms with Crippen LogP contribution in [0.1, 0.15) is 57.9 Å². The average Bonchev–Trinajstić information content (AvgIpc) is 2.46. The molecular formula is C17H27FO3. The Hall–Kier alpha value is -1.13. The number of aliphatic hydroxyl groups is 2. The highest BCUT2D eigenvalue weighted by atomic mass is 19.1. The van der Waals surface area contributed by atoms with Crippen molar-refractivity contribution >= 4 is 0 Å². The van der Waals surface area contributed by atoms with Crippen LogP contribution >= 0.6 is 0 Å². The number of hydrogen-bond acceptors (Lipinski definition) is 3. The van der Waals surface area contributed by atoms with E-state index in [9.17, 15) is 14.6 Å². The zero-order valence-electron chi connectivity index (χ0n) is 13.2. The molecule has 0 amide bonds. The van der Waals surface area contributed by atoms with Gasteiger partial charge in [-0.1, -0.05) is 27.2 Å². The van der Waals surface area contributed by atoms with Crippen LogP contribution < -0.4 is 4.74 Å². The summed E-state index contributed by atoms with van der Waals surface area (Å²) >= 11 is 0. The van der Waals surface area contributed by atoms with Gasteiger partial charge in [0.15, 0.2) is 0 Å². The summed E-state index contributed by atoms with van der Waals surface area (Å²) in [5.41, 5.74) is 0.742. The molecule has 0 heterocycles. The molecule has 1 aromatic carbocycles. The standard InChI is InChI=1S/C17H27FO3/c1-4-6-15(19)16(20)10-12(3)14-11-13(18)7-8-17(14)21-9-5-2/h7-8,11-12,15-16,19-20H,4-6,9-10H2,1-3H3. The summed E-state index contributed by atoms with van der Waals surface area (Å²) in [6.45, 7) is 6.46. The van der Waals surface area contributed by atoms with Crippen molar-refractivity contribution in [3.05, 3.63) is 29.6 Å². The average molecular weight is 298 g/mol. The van der Waals surface area contributed by atoms with Gasteiger partial charge in [-0.3, -0.25) is 0 Å². The first-order chi connectivity index (χ1) is 9.99. The predicted molar refractivity (Wildman–Crippen MR) is 82.1 cm³/mol. The summed E-state index contributed by atoms with van der Waals surface area (Å²) in [5.74, 6) is 0.251. The SMILES string of the molecule is CCCOc1ccc(F)cc1C(C)CC(O)C(O)CCC. The number of benzene rings is 1. The highest BCUT2D eigenvalue weighted by Crippen LogP contribution is 2.31. The fraction of sp³-hybridized carbons (Fsp3) is 0.647. The van der Waals surface area contributed by atoms with Crippen molar-refractivity contribution in [3.8, 4) is 5.75 Å². The number of ether oxygens (including phenoxy) is 1. The van der Waals surface area contributed by atoms with Crippen molar-refractivity contribution in [2.45, 2.75) is 64.6 Å². The van der Waals surface area contributed by atoms with Gasteiger partial charge in [-0.2, -0.15) is 0 Å². The smallest absolute Gasteiger partial charge is 0.123 e. The van der Waals surface area contributed by atoms with E-state index in [0.717, 1.165) is 18.4 Å². The first-order valence-electron chi connectivity index (χ1n) is 7.77. The molecule has 0 aliphatic heterocycles. The molecule has 1 aromatic rings. The van der Waals surface area contributed by atoms with Gasteiger partial charge in [0.1, 0.15) is 11.6 Å². The molecule has 3 atom stereocenters. The molecule has 120 valence electrons. The number of hydrogen-bond donors (Lipinski definition) is 2. The molecule has 3 unspecified atom stereocenters. The Morgan fingerprint density at radius 2 is 1.86 bits per heavy atom. The van der Waals surface area contributed by atoms with Crippen LogP contribution in [0.25, 0.3) is 0 Å². The quantitative estimate of drug-likeness (QED) is 0.732. The second kappa shape index (κ2) is 9.00. The molecule has 0 saturated carbocycles. The van der Waals surface area contributed by atoms with Gasteiger partial charge in [-0.05, 0) is 48.9 Å². The lowest BCUT2D eigenvalue weighted by atomic mass is 9.91. The second-order valence-electron chi connectivity index (χ2n) is 5.59. The van der Waals surface area contributed by atoms with E-state index in [-0.39, 0.29) is 11.7 Å². The molecule has 2 N–H and O–H groups in total. The third-order valence-electron chi connectivity index (χ3n) is 3.59. The highest BCUT2D eigenvalue weighted by molar-refractivity contribution is 5.36. The summed E-state index contributed by atoms with van der Waals surface area (Å²) in [4.78, 5) is 0. The molecule has 3 nitrogen and oxygen atoms in total. The first kappa shape index (κ1) is 17.9. The Labute approximate surface area is 126 Å². The summed E-state index contributed by atoms with van der Waals surface area (Å²) < 4.78 is 19.1. The normalized spacial score (nSPS) is 15.5. The van der Waals surface area contributed by atoms with Crippen molar-refractivity contribution in [3.63, 3.8) is 0 Å².